The molecule has 2 atom stereocenters. The number of carbonyl (C=O) groups excluding carboxylic acids is 1. The lowest BCUT2D eigenvalue weighted by molar-refractivity contribution is 0.0667. The molecular formula is C22H21N5O3. The Balaban J connectivity index is 1.90. The molecule has 0 saturated carbocycles. The van der Waals surface area contributed by atoms with Crippen molar-refractivity contribution in [2.75, 3.05) is 13.6 Å². The lowest BCUT2D eigenvalue weighted by Gasteiger charge is -2.37. The minimum atomic E-state index is -0.684. The lowest BCUT2D eigenvalue weighted by atomic mass is 9.97. The number of aromatic hydroxyl groups is 1. The van der Waals surface area contributed by atoms with E-state index in [4.69, 9.17) is 0 Å². The third-order valence-electron chi connectivity index (χ3n) is 5.10. The van der Waals surface area contributed by atoms with E-state index in [1.54, 1.807) is 11.7 Å². The van der Waals surface area contributed by atoms with Gasteiger partial charge in [-0.15, -0.1) is 0 Å². The van der Waals surface area contributed by atoms with Gasteiger partial charge < -0.3 is 10.0 Å². The summed E-state index contributed by atoms with van der Waals surface area (Å²) < 4.78 is 3.24. The number of likely N-dealkylation sites (N-methyl/N-ethyl adjacent to an activating group) is 1. The van der Waals surface area contributed by atoms with Gasteiger partial charge in [-0.1, -0.05) is 43.2 Å². The highest BCUT2D eigenvalue weighted by atomic mass is 16.3. The molecule has 1 N–H and O–H groups in total. The molecule has 30 heavy (non-hydrogen) atoms. The molecule has 1 aliphatic heterocycles. The molecule has 3 heterocycles. The molecule has 0 radical (unpaired) electrons. The number of rotatable bonds is 3. The lowest BCUT2D eigenvalue weighted by Crippen LogP contribution is -2.46. The molecule has 8 heteroatoms. The van der Waals surface area contributed by atoms with E-state index in [1.165, 1.54) is 9.58 Å². The first-order valence-corrected chi connectivity index (χ1v) is 9.66. The molecule has 0 aliphatic carbocycles. The zero-order valence-corrected chi connectivity index (χ0v) is 16.7. The predicted octanol–water partition coefficient (Wildman–Crippen LogP) is 1.82. The molecule has 1 unspecified atom stereocenters. The fraction of sp³-hybridized carbons (Fsp3) is 0.273. The van der Waals surface area contributed by atoms with Gasteiger partial charge in [0.2, 0.25) is 5.43 Å². The van der Waals surface area contributed by atoms with Gasteiger partial charge in [-0.3, -0.25) is 14.3 Å². The van der Waals surface area contributed by atoms with Crippen LogP contribution in [0.15, 0.2) is 53.6 Å². The minimum absolute atomic E-state index is 0.111. The van der Waals surface area contributed by atoms with Crippen LogP contribution in [0.4, 0.5) is 0 Å². The highest BCUT2D eigenvalue weighted by Crippen LogP contribution is 2.35. The van der Waals surface area contributed by atoms with E-state index in [0.29, 0.717) is 12.2 Å². The van der Waals surface area contributed by atoms with Crippen LogP contribution in [-0.4, -0.2) is 49.1 Å². The van der Waals surface area contributed by atoms with Gasteiger partial charge in [-0.25, -0.2) is 4.68 Å². The van der Waals surface area contributed by atoms with E-state index in [2.05, 4.69) is 22.0 Å². The van der Waals surface area contributed by atoms with Gasteiger partial charge in [-0.05, 0) is 17.6 Å². The fourth-order valence-electron chi connectivity index (χ4n) is 3.70. The van der Waals surface area contributed by atoms with Crippen molar-refractivity contribution < 1.29 is 9.90 Å². The standard InChI is InChI=1S/C22H21N5O3/c1-3-4-10-16-11-12-26(24-16)19(15-8-6-5-7-9-15)17-14-25(2)22(30)20-21(29)18(28)13-23-27(17)20/h5-9,11-13,17,19,29H,3,14H2,1-2H3/t17?,19-/m1/s1. The van der Waals surface area contributed by atoms with E-state index >= 15 is 0 Å². The van der Waals surface area contributed by atoms with Crippen LogP contribution in [0.25, 0.3) is 0 Å². The molecule has 1 aromatic carbocycles. The fourth-order valence-corrected chi connectivity index (χ4v) is 3.70. The number of carbonyl (C=O) groups is 1. The highest BCUT2D eigenvalue weighted by Gasteiger charge is 2.38. The Morgan fingerprint density at radius 1 is 1.23 bits per heavy atom. The summed E-state index contributed by atoms with van der Waals surface area (Å²) in [6.07, 6.45) is 3.61. The van der Waals surface area contributed by atoms with Gasteiger partial charge in [-0.2, -0.15) is 10.2 Å². The van der Waals surface area contributed by atoms with Crippen molar-refractivity contribution in [3.05, 3.63) is 76.0 Å². The second kappa shape index (κ2) is 7.87. The molecule has 2 aromatic heterocycles. The summed E-state index contributed by atoms with van der Waals surface area (Å²) in [4.78, 5) is 26.1. The van der Waals surface area contributed by atoms with Crippen LogP contribution in [0.2, 0.25) is 0 Å². The van der Waals surface area contributed by atoms with Crippen LogP contribution >= 0.6 is 0 Å². The van der Waals surface area contributed by atoms with E-state index < -0.39 is 23.1 Å². The number of amides is 1. The summed E-state index contributed by atoms with van der Waals surface area (Å²) in [6.45, 7) is 2.30. The van der Waals surface area contributed by atoms with Crippen LogP contribution in [0.3, 0.4) is 0 Å². The molecule has 152 valence electrons. The maximum absolute atomic E-state index is 12.7. The predicted molar refractivity (Wildman–Crippen MR) is 110 cm³/mol. The van der Waals surface area contributed by atoms with Crippen LogP contribution < -0.4 is 5.43 Å². The SMILES string of the molecule is CCC#Cc1ccn([C@H](c2ccccc2)C2CN(C)C(=O)c3c(O)c(=O)cnn32)n1. The second-order valence-electron chi connectivity index (χ2n) is 7.10. The molecule has 8 nitrogen and oxygen atoms in total. The Morgan fingerprint density at radius 2 is 2.00 bits per heavy atom. The second-order valence-corrected chi connectivity index (χ2v) is 7.10. The monoisotopic (exact) mass is 403 g/mol. The normalized spacial score (nSPS) is 16.5. The zero-order chi connectivity index (χ0) is 21.3. The molecular weight excluding hydrogens is 382 g/mol. The summed E-state index contributed by atoms with van der Waals surface area (Å²) >= 11 is 0. The van der Waals surface area contributed by atoms with Crippen molar-refractivity contribution >= 4 is 5.91 Å². The first-order chi connectivity index (χ1) is 14.5. The van der Waals surface area contributed by atoms with Gasteiger partial charge in [0.1, 0.15) is 11.7 Å². The molecule has 1 amide bonds. The van der Waals surface area contributed by atoms with Crippen LogP contribution in [0.5, 0.6) is 5.75 Å². The van der Waals surface area contributed by atoms with E-state index in [1.807, 2.05) is 49.5 Å². The summed E-state index contributed by atoms with van der Waals surface area (Å²) in [5.41, 5.74) is 0.805. The minimum Gasteiger partial charge on any atom is -0.502 e. The first kappa shape index (κ1) is 19.5. The van der Waals surface area contributed by atoms with E-state index in [9.17, 15) is 14.7 Å². The molecule has 3 aromatic rings. The number of hydrogen-bond acceptors (Lipinski definition) is 5. The number of hydrogen-bond donors (Lipinski definition) is 1. The molecule has 0 spiro atoms. The van der Waals surface area contributed by atoms with Crippen molar-refractivity contribution in [1.82, 2.24) is 24.5 Å². The average Bonchev–Trinajstić information content (AvgIpc) is 3.21. The van der Waals surface area contributed by atoms with Crippen molar-refractivity contribution in [3.63, 3.8) is 0 Å². The number of benzene rings is 1. The van der Waals surface area contributed by atoms with Gasteiger partial charge in [0.25, 0.3) is 5.91 Å². The third kappa shape index (κ3) is 3.35. The maximum Gasteiger partial charge on any atom is 0.275 e. The van der Waals surface area contributed by atoms with Crippen molar-refractivity contribution in [1.29, 1.82) is 0 Å². The summed E-state index contributed by atoms with van der Waals surface area (Å²) in [7, 11) is 1.64. The van der Waals surface area contributed by atoms with Crippen LogP contribution in [0, 0.1) is 11.8 Å². The van der Waals surface area contributed by atoms with Gasteiger partial charge in [0.05, 0.1) is 12.2 Å². The van der Waals surface area contributed by atoms with E-state index in [0.717, 1.165) is 18.2 Å². The Kier molecular flexibility index (Phi) is 5.11. The van der Waals surface area contributed by atoms with Crippen LogP contribution in [-0.2, 0) is 0 Å². The molecule has 0 saturated heterocycles. The number of aromatic nitrogens is 4. The summed E-state index contributed by atoms with van der Waals surface area (Å²) in [5, 5.41) is 19.1. The van der Waals surface area contributed by atoms with E-state index in [-0.39, 0.29) is 11.7 Å². The third-order valence-corrected chi connectivity index (χ3v) is 5.10. The van der Waals surface area contributed by atoms with Gasteiger partial charge in [0.15, 0.2) is 11.4 Å². The Bertz CT molecular complexity index is 1200. The van der Waals surface area contributed by atoms with Crippen molar-refractivity contribution in [2.45, 2.75) is 25.4 Å². The van der Waals surface area contributed by atoms with Crippen molar-refractivity contribution in [2.24, 2.45) is 0 Å². The molecule has 0 bridgehead atoms. The maximum atomic E-state index is 12.7. The van der Waals surface area contributed by atoms with Gasteiger partial charge >= 0.3 is 0 Å². The Labute approximate surface area is 173 Å². The average molecular weight is 403 g/mol. The smallest absolute Gasteiger partial charge is 0.275 e. The summed E-state index contributed by atoms with van der Waals surface area (Å²) in [5.74, 6) is 5.00. The first-order valence-electron chi connectivity index (χ1n) is 9.66. The number of nitrogens with zero attached hydrogens (tertiary/aromatic N) is 5. The Morgan fingerprint density at radius 3 is 2.73 bits per heavy atom. The summed E-state index contributed by atoms with van der Waals surface area (Å²) in [6, 6.07) is 10.8. The molecule has 0 fully saturated rings. The highest BCUT2D eigenvalue weighted by molar-refractivity contribution is 5.95. The van der Waals surface area contributed by atoms with Gasteiger partial charge in [0, 0.05) is 26.2 Å². The zero-order valence-electron chi connectivity index (χ0n) is 16.7. The van der Waals surface area contributed by atoms with Crippen molar-refractivity contribution in [3.8, 4) is 17.6 Å². The Hall–Kier alpha value is -3.86. The topological polar surface area (TPSA) is 93.3 Å². The van der Waals surface area contributed by atoms with Crippen LogP contribution in [0.1, 0.15) is 47.2 Å². The number of fused-ring (bicyclic) bond motifs is 1. The molecule has 4 rings (SSSR count). The molecule has 1 aliphatic rings. The largest absolute Gasteiger partial charge is 0.502 e. The quantitative estimate of drug-likeness (QED) is 0.674.